The van der Waals surface area contributed by atoms with E-state index in [0.29, 0.717) is 0 Å². The van der Waals surface area contributed by atoms with Crippen molar-refractivity contribution in [3.05, 3.63) is 0 Å². The third-order valence-corrected chi connectivity index (χ3v) is 1.03. The van der Waals surface area contributed by atoms with Crippen LogP contribution in [0.15, 0.2) is 0 Å². The molecule has 0 fully saturated rings. The van der Waals surface area contributed by atoms with Crippen molar-refractivity contribution in [2.75, 3.05) is 7.05 Å². The number of alkyl halides is 2. The predicted molar refractivity (Wildman–Crippen MR) is 34.1 cm³/mol. The fourth-order valence-corrected chi connectivity index (χ4v) is 0.625. The molecule has 0 bridgehead atoms. The number of rotatable bonds is 1. The first-order chi connectivity index (χ1) is 3.55. The normalized spacial score (nSPS) is 9.62. The Bertz CT molecular complexity index is 82.5. The third-order valence-electron chi connectivity index (χ3n) is 0.490. The summed E-state index contributed by atoms with van der Waals surface area (Å²) in [6.45, 7) is 0. The zero-order chi connectivity index (χ0) is 6.73. The van der Waals surface area contributed by atoms with Gasteiger partial charge in [0.25, 0.3) is 5.91 Å². The van der Waals surface area contributed by atoms with Gasteiger partial charge in [0.2, 0.25) is 0 Å². The molecule has 0 aromatic heterocycles. The molecule has 48 valence electrons. The van der Waals surface area contributed by atoms with E-state index in [1.807, 2.05) is 0 Å². The van der Waals surface area contributed by atoms with E-state index in [0.717, 1.165) is 4.42 Å². The molecule has 0 N–H and O–H groups in total. The molecule has 0 aliphatic carbocycles. The first-order valence-corrected chi connectivity index (χ1v) is 2.98. The van der Waals surface area contributed by atoms with Crippen molar-refractivity contribution in [3.8, 4) is 0 Å². The highest BCUT2D eigenvalue weighted by Gasteiger charge is 2.13. The summed E-state index contributed by atoms with van der Waals surface area (Å²) in [5, 5.41) is 0. The molecular formula is C3H4Cl3NO. The van der Waals surface area contributed by atoms with Crippen LogP contribution in [0.3, 0.4) is 0 Å². The van der Waals surface area contributed by atoms with Crippen LogP contribution in [-0.4, -0.2) is 22.2 Å². The number of amides is 1. The van der Waals surface area contributed by atoms with Crippen molar-refractivity contribution in [1.29, 1.82) is 0 Å². The number of carbonyl (C=O) groups is 1. The van der Waals surface area contributed by atoms with Gasteiger partial charge in [0.05, 0.1) is 0 Å². The average Bonchev–Trinajstić information content (AvgIpc) is 1.64. The van der Waals surface area contributed by atoms with Gasteiger partial charge in [-0.25, -0.2) is 0 Å². The molecule has 0 saturated carbocycles. The number of halogens is 3. The lowest BCUT2D eigenvalue weighted by atomic mass is 10.7. The second-order valence-electron chi connectivity index (χ2n) is 1.12. The zero-order valence-electron chi connectivity index (χ0n) is 4.07. The molecule has 0 spiro atoms. The SMILES string of the molecule is CN(Cl)C(=O)C(Cl)Cl. The third kappa shape index (κ3) is 2.60. The number of nitrogens with zero attached hydrogens (tertiary/aromatic N) is 1. The molecule has 0 rings (SSSR count). The smallest absolute Gasteiger partial charge is 0.269 e. The van der Waals surface area contributed by atoms with E-state index in [2.05, 4.69) is 0 Å². The van der Waals surface area contributed by atoms with Crippen LogP contribution in [0.25, 0.3) is 0 Å². The molecule has 0 aromatic carbocycles. The monoisotopic (exact) mass is 175 g/mol. The van der Waals surface area contributed by atoms with Crippen molar-refractivity contribution >= 4 is 40.9 Å². The van der Waals surface area contributed by atoms with Gasteiger partial charge >= 0.3 is 0 Å². The molecule has 0 atom stereocenters. The molecule has 0 aliphatic rings. The van der Waals surface area contributed by atoms with Gasteiger partial charge in [0.15, 0.2) is 4.84 Å². The maximum absolute atomic E-state index is 10.4. The quantitative estimate of drug-likeness (QED) is 0.437. The number of hydrogen-bond acceptors (Lipinski definition) is 1. The molecule has 0 heterocycles. The van der Waals surface area contributed by atoms with Crippen molar-refractivity contribution < 1.29 is 4.79 Å². The van der Waals surface area contributed by atoms with E-state index >= 15 is 0 Å². The molecule has 0 saturated heterocycles. The highest BCUT2D eigenvalue weighted by Crippen LogP contribution is 2.06. The van der Waals surface area contributed by atoms with E-state index in [9.17, 15) is 4.79 Å². The van der Waals surface area contributed by atoms with Gasteiger partial charge < -0.3 is 0 Å². The Labute approximate surface area is 62.4 Å². The largest absolute Gasteiger partial charge is 0.270 e. The molecule has 0 aliphatic heterocycles. The number of carbonyl (C=O) groups excluding carboxylic acids is 1. The summed E-state index contributed by atoms with van der Waals surface area (Å²) in [6, 6.07) is 0. The predicted octanol–water partition coefficient (Wildman–Crippen LogP) is 1.40. The van der Waals surface area contributed by atoms with Gasteiger partial charge in [0, 0.05) is 18.8 Å². The molecule has 2 nitrogen and oxygen atoms in total. The Kier molecular flexibility index (Phi) is 3.53. The van der Waals surface area contributed by atoms with Crippen molar-refractivity contribution in [3.63, 3.8) is 0 Å². The summed E-state index contributed by atoms with van der Waals surface area (Å²) in [5.74, 6) is -0.519. The molecule has 8 heavy (non-hydrogen) atoms. The molecule has 5 heteroatoms. The minimum atomic E-state index is -1.06. The lowest BCUT2D eigenvalue weighted by molar-refractivity contribution is -0.123. The van der Waals surface area contributed by atoms with Crippen LogP contribution in [0.2, 0.25) is 0 Å². The van der Waals surface area contributed by atoms with Gasteiger partial charge in [-0.3, -0.25) is 9.21 Å². The van der Waals surface area contributed by atoms with Crippen LogP contribution < -0.4 is 0 Å². The second-order valence-corrected chi connectivity index (χ2v) is 2.72. The number of hydrogen-bond donors (Lipinski definition) is 0. The lowest BCUT2D eigenvalue weighted by Gasteiger charge is -2.05. The first kappa shape index (κ1) is 8.34. The van der Waals surface area contributed by atoms with Crippen LogP contribution in [0.1, 0.15) is 0 Å². The van der Waals surface area contributed by atoms with Crippen LogP contribution in [0.4, 0.5) is 0 Å². The first-order valence-electron chi connectivity index (χ1n) is 1.77. The molecule has 1 amide bonds. The molecule has 0 unspecified atom stereocenters. The topological polar surface area (TPSA) is 20.3 Å². The van der Waals surface area contributed by atoms with Crippen molar-refractivity contribution in [2.24, 2.45) is 0 Å². The Morgan fingerprint density at radius 1 is 1.62 bits per heavy atom. The highest BCUT2D eigenvalue weighted by molar-refractivity contribution is 6.54. The van der Waals surface area contributed by atoms with E-state index in [1.165, 1.54) is 7.05 Å². The van der Waals surface area contributed by atoms with Gasteiger partial charge in [-0.2, -0.15) is 0 Å². The summed E-state index contributed by atoms with van der Waals surface area (Å²) in [7, 11) is 1.36. The summed E-state index contributed by atoms with van der Waals surface area (Å²) in [5.41, 5.74) is 0. The summed E-state index contributed by atoms with van der Waals surface area (Å²) in [6.07, 6.45) is 0. The average molecular weight is 176 g/mol. The van der Waals surface area contributed by atoms with Crippen LogP contribution in [0, 0.1) is 0 Å². The fraction of sp³-hybridized carbons (Fsp3) is 0.667. The maximum atomic E-state index is 10.4. The van der Waals surface area contributed by atoms with E-state index in [4.69, 9.17) is 35.0 Å². The second kappa shape index (κ2) is 3.38. The van der Waals surface area contributed by atoms with Crippen LogP contribution in [0.5, 0.6) is 0 Å². The Morgan fingerprint density at radius 2 is 2.00 bits per heavy atom. The summed E-state index contributed by atoms with van der Waals surface area (Å²) < 4.78 is 0.810. The Hall–Kier alpha value is 0.340. The minimum absolute atomic E-state index is 0.519. The maximum Gasteiger partial charge on any atom is 0.269 e. The fourth-order valence-electron chi connectivity index (χ4n) is 0.134. The van der Waals surface area contributed by atoms with Gasteiger partial charge in [-0.05, 0) is 0 Å². The van der Waals surface area contributed by atoms with E-state index < -0.39 is 10.7 Å². The van der Waals surface area contributed by atoms with Gasteiger partial charge in [-0.15, -0.1) is 0 Å². The molecule has 0 radical (unpaired) electrons. The zero-order valence-corrected chi connectivity index (χ0v) is 6.33. The molecule has 0 aromatic rings. The van der Waals surface area contributed by atoms with E-state index in [-0.39, 0.29) is 0 Å². The molecular weight excluding hydrogens is 172 g/mol. The van der Waals surface area contributed by atoms with Crippen molar-refractivity contribution in [2.45, 2.75) is 4.84 Å². The minimum Gasteiger partial charge on any atom is -0.270 e. The lowest BCUT2D eigenvalue weighted by Crippen LogP contribution is -2.22. The van der Waals surface area contributed by atoms with E-state index in [1.54, 1.807) is 0 Å². The Morgan fingerprint density at radius 3 is 2.00 bits per heavy atom. The standard InChI is InChI=1S/C3H4Cl3NO/c1-7(6)3(8)2(4)5/h2H,1H3. The van der Waals surface area contributed by atoms with Crippen molar-refractivity contribution in [1.82, 2.24) is 4.42 Å². The van der Waals surface area contributed by atoms with Gasteiger partial charge in [0.1, 0.15) is 0 Å². The summed E-state index contributed by atoms with van der Waals surface area (Å²) in [4.78, 5) is 9.31. The van der Waals surface area contributed by atoms with Crippen LogP contribution >= 0.6 is 35.0 Å². The highest BCUT2D eigenvalue weighted by atomic mass is 35.5. The van der Waals surface area contributed by atoms with Crippen LogP contribution in [-0.2, 0) is 4.79 Å². The van der Waals surface area contributed by atoms with Gasteiger partial charge in [-0.1, -0.05) is 23.2 Å². The Balaban J connectivity index is 3.65. The summed E-state index contributed by atoms with van der Waals surface area (Å²) >= 11 is 15.4.